The first-order chi connectivity index (χ1) is 34.2. The van der Waals surface area contributed by atoms with Crippen molar-refractivity contribution in [3.8, 4) is 23.8 Å². The lowest BCUT2D eigenvalue weighted by Crippen LogP contribution is -2.43. The Hall–Kier alpha value is -4.62. The summed E-state index contributed by atoms with van der Waals surface area (Å²) in [6.45, 7) is 13.5. The predicted molar refractivity (Wildman–Crippen MR) is 277 cm³/mol. The molecule has 2 aliphatic heterocycles. The third-order valence-corrected chi connectivity index (χ3v) is 21.1. The smallest absolute Gasteiger partial charge is 0.164 e. The van der Waals surface area contributed by atoms with Crippen molar-refractivity contribution in [3.63, 3.8) is 0 Å². The molecule has 2 aliphatic rings. The highest BCUT2D eigenvalue weighted by atomic mass is 35.5. The fourth-order valence-electron chi connectivity index (χ4n) is 9.84. The van der Waals surface area contributed by atoms with Gasteiger partial charge in [-0.3, -0.25) is 9.68 Å². The minimum atomic E-state index is -2.09. The van der Waals surface area contributed by atoms with E-state index in [-0.39, 0.29) is 10.0 Å². The van der Waals surface area contributed by atoms with Crippen LogP contribution in [0.2, 0.25) is 36.7 Å². The van der Waals surface area contributed by atoms with Gasteiger partial charge >= 0.3 is 0 Å². The highest BCUT2D eigenvalue weighted by Crippen LogP contribution is 2.44. The molecule has 10 atom stereocenters. The Labute approximate surface area is 437 Å². The number of hydrogen-bond donors (Lipinski definition) is 8. The number of ether oxygens (including phenoxy) is 2. The molecule has 0 aliphatic carbocycles. The van der Waals surface area contributed by atoms with Crippen LogP contribution in [0, 0.1) is 23.8 Å². The number of aliphatic hydroxyl groups excluding tert-OH is 6. The van der Waals surface area contributed by atoms with Crippen molar-refractivity contribution in [1.82, 2.24) is 29.1 Å². The second-order valence-electron chi connectivity index (χ2n) is 18.3. The average molecular weight is 1090 g/mol. The maximum absolute atomic E-state index is 11.1. The normalized spacial score (nSPS) is 23.0. The number of fused-ring (bicyclic) bond motifs is 2. The molecule has 384 valence electrons. The summed E-state index contributed by atoms with van der Waals surface area (Å²) < 4.78 is 15.1. The molecule has 4 aromatic heterocycles. The fraction of sp³-hybridized carbons (Fsp3) is 0.429. The van der Waals surface area contributed by atoms with Crippen molar-refractivity contribution in [3.05, 3.63) is 104 Å². The van der Waals surface area contributed by atoms with Crippen molar-refractivity contribution >= 4 is 88.2 Å². The molecular weight excluding hydrogens is 1030 g/mol. The largest absolute Gasteiger partial charge is 0.387 e. The molecule has 0 radical (unpaired) electrons. The Morgan fingerprint density at radius 3 is 1.40 bits per heavy atom. The minimum absolute atomic E-state index is 0.243. The minimum Gasteiger partial charge on any atom is -0.387 e. The summed E-state index contributed by atoms with van der Waals surface area (Å²) in [7, 11) is 0.823. The van der Waals surface area contributed by atoms with E-state index in [4.69, 9.17) is 72.0 Å². The van der Waals surface area contributed by atoms with Crippen molar-refractivity contribution < 1.29 is 49.8 Å². The van der Waals surface area contributed by atoms with Gasteiger partial charge in [0.15, 0.2) is 24.1 Å². The zero-order chi connectivity index (χ0) is 52.5. The number of nitrogens with zero attached hydrogens (tertiary/aromatic N) is 6. The lowest BCUT2D eigenvalue weighted by atomic mass is 9.99. The molecule has 0 unspecified atom stereocenters. The summed E-state index contributed by atoms with van der Waals surface area (Å²) in [5.74, 6) is 6.73. The maximum Gasteiger partial charge on any atom is 0.164 e. The molecule has 72 heavy (non-hydrogen) atoms. The van der Waals surface area contributed by atoms with Crippen LogP contribution in [0.4, 0.5) is 11.6 Å². The van der Waals surface area contributed by atoms with E-state index in [1.807, 2.05) is 0 Å². The molecule has 2 aromatic carbocycles. The first kappa shape index (κ1) is 55.1. The number of aliphatic hydroxyl groups is 6. The number of benzene rings is 2. The van der Waals surface area contributed by atoms with Gasteiger partial charge in [-0.15, -0.1) is 12.0 Å². The molecule has 0 saturated carbocycles. The number of aromatic nitrogens is 6. The summed E-state index contributed by atoms with van der Waals surface area (Å²) in [5, 5.41) is 67.5. The standard InChI is InChI=1S/C29H38Cl2N4O5Si.C20H18Cl2N4O5/c1-15(2)41(16(3)4,17(5)6)11-10-19-13-35(28-22(19)27(34-39-7)32-14-33-28)29-25(38)24(37)26(40-29)23(36)18-8-9-20(30)21(31)12-18;1-3-9-7-26(19-13(9)18(25-30-2)23-8-24-19)20-16(29)15(28)17(31-20)14(27)10-4-5-11(21)12(22)6-10/h8-9,12-17,23-26,29,36-38H,1-7H3,(H,32,33,34);1,4-8,14-17,20,27-29H,2H3,(H,23,24,25)/t23-,24+,25-,26-,29-;14-,15+,16-,17-,20-/m11/s1. The van der Waals surface area contributed by atoms with Gasteiger partial charge in [0.1, 0.15) is 80.9 Å². The fourth-order valence-corrected chi connectivity index (χ4v) is 15.7. The second kappa shape index (κ2) is 22.9. The van der Waals surface area contributed by atoms with Crippen molar-refractivity contribution in [2.45, 2.75) is 119 Å². The number of anilines is 2. The van der Waals surface area contributed by atoms with Crippen LogP contribution >= 0.6 is 46.4 Å². The van der Waals surface area contributed by atoms with Gasteiger partial charge in [0.05, 0.1) is 56.2 Å². The third kappa shape index (κ3) is 10.4. The quantitative estimate of drug-likeness (QED) is 0.0314. The van der Waals surface area contributed by atoms with Gasteiger partial charge in [-0.2, -0.15) is 0 Å². The van der Waals surface area contributed by atoms with E-state index in [0.29, 0.717) is 82.6 Å². The van der Waals surface area contributed by atoms with Crippen molar-refractivity contribution in [1.29, 1.82) is 0 Å². The van der Waals surface area contributed by atoms with Gasteiger partial charge in [-0.1, -0.05) is 112 Å². The summed E-state index contributed by atoms with van der Waals surface area (Å²) in [6, 6.07) is 9.22. The predicted octanol–water partition coefficient (Wildman–Crippen LogP) is 7.68. The molecule has 2 saturated heterocycles. The summed E-state index contributed by atoms with van der Waals surface area (Å²) >= 11 is 24.1. The van der Waals surface area contributed by atoms with Crippen LogP contribution in [0.1, 0.15) is 88.5 Å². The van der Waals surface area contributed by atoms with Crippen LogP contribution in [-0.4, -0.2) is 119 Å². The average Bonchev–Trinajstić information content (AvgIpc) is 4.08. The van der Waals surface area contributed by atoms with Gasteiger partial charge in [0.2, 0.25) is 0 Å². The Bertz CT molecular complexity index is 2990. The molecule has 2 fully saturated rings. The molecule has 18 nitrogen and oxygen atoms in total. The van der Waals surface area contributed by atoms with E-state index in [1.165, 1.54) is 49.6 Å². The first-order valence-electron chi connectivity index (χ1n) is 22.8. The van der Waals surface area contributed by atoms with E-state index >= 15 is 0 Å². The van der Waals surface area contributed by atoms with Gasteiger partial charge in [-0.05, 0) is 52.0 Å². The van der Waals surface area contributed by atoms with Crippen LogP contribution in [0.5, 0.6) is 0 Å². The molecule has 0 bridgehead atoms. The molecule has 0 spiro atoms. The van der Waals surface area contributed by atoms with E-state index in [2.05, 4.69) is 89.8 Å². The summed E-state index contributed by atoms with van der Waals surface area (Å²) in [6.07, 6.45) is -0.983. The van der Waals surface area contributed by atoms with Crippen LogP contribution < -0.4 is 11.0 Å². The summed E-state index contributed by atoms with van der Waals surface area (Å²) in [4.78, 5) is 27.3. The Morgan fingerprint density at radius 1 is 0.625 bits per heavy atom. The molecule has 6 heterocycles. The van der Waals surface area contributed by atoms with Crippen LogP contribution in [0.15, 0.2) is 61.4 Å². The zero-order valence-corrected chi connectivity index (χ0v) is 44.4. The van der Waals surface area contributed by atoms with Crippen LogP contribution in [0.25, 0.3) is 22.1 Å². The molecule has 0 amide bonds. The van der Waals surface area contributed by atoms with Gasteiger partial charge < -0.3 is 49.2 Å². The highest BCUT2D eigenvalue weighted by Gasteiger charge is 2.49. The van der Waals surface area contributed by atoms with Gasteiger partial charge in [0, 0.05) is 12.4 Å². The van der Waals surface area contributed by atoms with Gasteiger partial charge in [-0.25, -0.2) is 30.9 Å². The van der Waals surface area contributed by atoms with E-state index in [1.54, 1.807) is 35.2 Å². The van der Waals surface area contributed by atoms with Crippen molar-refractivity contribution in [2.24, 2.45) is 0 Å². The second-order valence-corrected chi connectivity index (χ2v) is 25.5. The van der Waals surface area contributed by atoms with E-state index < -0.39 is 69.4 Å². The Balaban J connectivity index is 0.000000219. The summed E-state index contributed by atoms with van der Waals surface area (Å²) in [5.41, 5.74) is 13.0. The molecule has 8 N–H and O–H groups in total. The zero-order valence-electron chi connectivity index (χ0n) is 40.4. The first-order valence-corrected chi connectivity index (χ1v) is 26.5. The number of terminal acetylenes is 1. The molecule has 6 aromatic rings. The number of hydrogen-bond acceptors (Lipinski definition) is 16. The van der Waals surface area contributed by atoms with Gasteiger partial charge in [0.25, 0.3) is 0 Å². The monoisotopic (exact) mass is 1080 g/mol. The molecule has 8 rings (SSSR count). The highest BCUT2D eigenvalue weighted by molar-refractivity contribution is 6.90. The topological polar surface area (TPSA) is 244 Å². The Morgan fingerprint density at radius 2 is 1.03 bits per heavy atom. The van der Waals surface area contributed by atoms with Crippen molar-refractivity contribution in [2.75, 3.05) is 25.2 Å². The lowest BCUT2D eigenvalue weighted by molar-refractivity contribution is -0.0848. The molecular formula is C49H56Cl4N8O10Si. The number of nitrogens with one attached hydrogen (secondary N) is 2. The SMILES string of the molecule is C#Cc1cn([C@@H]2O[C@H]([C@H](O)c3ccc(Cl)c(Cl)c3)[C@@H](O)[C@H]2O)c2ncnc(NOC)c12.CONc1ncnc2c1c(C#C[Si](C(C)C)(C(C)C)C(C)C)cn2[C@@H]1O[C@H]([C@H](O)c2ccc(Cl)c(Cl)c2)[C@@H](O)[C@H]1O. The molecule has 23 heteroatoms. The van der Waals surface area contributed by atoms with E-state index in [0.717, 1.165) is 0 Å². The maximum atomic E-state index is 11.1. The third-order valence-electron chi connectivity index (χ3n) is 13.3. The van der Waals surface area contributed by atoms with Crippen LogP contribution in [0.3, 0.4) is 0 Å². The van der Waals surface area contributed by atoms with E-state index in [9.17, 15) is 30.6 Å². The van der Waals surface area contributed by atoms with Crippen LogP contribution in [-0.2, 0) is 19.1 Å². The number of halogens is 4. The number of rotatable bonds is 13. The lowest BCUT2D eigenvalue weighted by Gasteiger charge is -2.38. The Kier molecular flexibility index (Phi) is 17.5.